The lowest BCUT2D eigenvalue weighted by atomic mass is 10.1. The van der Waals surface area contributed by atoms with E-state index in [4.69, 9.17) is 0 Å². The van der Waals surface area contributed by atoms with Gasteiger partial charge in [-0.15, -0.1) is 6.58 Å². The summed E-state index contributed by atoms with van der Waals surface area (Å²) in [5, 5.41) is 3.42. The van der Waals surface area contributed by atoms with Gasteiger partial charge in [0, 0.05) is 38.2 Å². The zero-order valence-electron chi connectivity index (χ0n) is 12.9. The molecular formula is C15H24N2O2S2. The van der Waals surface area contributed by atoms with E-state index in [0.29, 0.717) is 4.90 Å². The van der Waals surface area contributed by atoms with Gasteiger partial charge in [0.1, 0.15) is 0 Å². The lowest BCUT2D eigenvalue weighted by Crippen LogP contribution is -2.23. The third kappa shape index (κ3) is 5.47. The van der Waals surface area contributed by atoms with Crippen LogP contribution in [0, 0.1) is 0 Å². The number of thioether (sulfide) groups is 1. The van der Waals surface area contributed by atoms with Crippen LogP contribution < -0.4 is 5.32 Å². The van der Waals surface area contributed by atoms with Crippen molar-refractivity contribution in [3.05, 3.63) is 42.5 Å². The van der Waals surface area contributed by atoms with Gasteiger partial charge in [0.15, 0.2) is 0 Å². The van der Waals surface area contributed by atoms with E-state index < -0.39 is 10.0 Å². The van der Waals surface area contributed by atoms with E-state index in [1.54, 1.807) is 12.1 Å². The quantitative estimate of drug-likeness (QED) is 0.559. The maximum Gasteiger partial charge on any atom is 0.242 e. The smallest absolute Gasteiger partial charge is 0.242 e. The van der Waals surface area contributed by atoms with Crippen molar-refractivity contribution in [3.63, 3.8) is 0 Å². The van der Waals surface area contributed by atoms with Gasteiger partial charge in [0.25, 0.3) is 0 Å². The molecule has 0 aliphatic rings. The normalized spacial score (nSPS) is 13.3. The summed E-state index contributed by atoms with van der Waals surface area (Å²) in [4.78, 5) is 0.324. The number of hydrogen-bond donors (Lipinski definition) is 1. The van der Waals surface area contributed by atoms with Crippen LogP contribution in [0.25, 0.3) is 0 Å². The minimum absolute atomic E-state index is 0.199. The van der Waals surface area contributed by atoms with Gasteiger partial charge in [-0.2, -0.15) is 11.8 Å². The summed E-state index contributed by atoms with van der Waals surface area (Å²) in [6, 6.07) is 7.26. The third-order valence-corrected chi connectivity index (χ3v) is 5.88. The molecule has 1 aromatic carbocycles. The fourth-order valence-corrected chi connectivity index (χ4v) is 3.27. The molecule has 1 atom stereocenters. The minimum Gasteiger partial charge on any atom is -0.309 e. The second kappa shape index (κ2) is 8.58. The van der Waals surface area contributed by atoms with Crippen LogP contribution in [0.1, 0.15) is 18.5 Å². The molecule has 0 saturated carbocycles. The lowest BCUT2D eigenvalue weighted by molar-refractivity contribution is 0.520. The van der Waals surface area contributed by atoms with Crippen LogP contribution in [0.5, 0.6) is 0 Å². The van der Waals surface area contributed by atoms with Crippen molar-refractivity contribution in [2.24, 2.45) is 0 Å². The van der Waals surface area contributed by atoms with Crippen LogP contribution in [0.4, 0.5) is 0 Å². The average Bonchev–Trinajstić information content (AvgIpc) is 2.46. The maximum absolute atomic E-state index is 12.0. The molecule has 1 N–H and O–H groups in total. The van der Waals surface area contributed by atoms with Crippen molar-refractivity contribution >= 4 is 21.8 Å². The van der Waals surface area contributed by atoms with Gasteiger partial charge in [-0.3, -0.25) is 0 Å². The Labute approximate surface area is 132 Å². The second-order valence-corrected chi connectivity index (χ2v) is 8.20. The Hall–Kier alpha value is -0.820. The number of nitrogens with one attached hydrogen (secondary N) is 1. The largest absolute Gasteiger partial charge is 0.309 e. The Bertz CT molecular complexity index is 539. The van der Waals surface area contributed by atoms with Crippen LogP contribution in [-0.2, 0) is 10.0 Å². The van der Waals surface area contributed by atoms with Crippen molar-refractivity contribution < 1.29 is 8.42 Å². The molecule has 6 heteroatoms. The Kier molecular flexibility index (Phi) is 7.45. The molecule has 1 rings (SSSR count). The predicted octanol–water partition coefficient (Wildman–Crippen LogP) is 2.51. The number of hydrogen-bond acceptors (Lipinski definition) is 4. The fraction of sp³-hybridized carbons (Fsp3) is 0.467. The molecule has 118 valence electrons. The van der Waals surface area contributed by atoms with Crippen molar-refractivity contribution in [1.29, 1.82) is 0 Å². The molecule has 0 aliphatic heterocycles. The van der Waals surface area contributed by atoms with Crippen molar-refractivity contribution in [2.45, 2.75) is 17.9 Å². The van der Waals surface area contributed by atoms with E-state index in [1.807, 2.05) is 30.0 Å². The van der Waals surface area contributed by atoms with Crippen molar-refractivity contribution in [2.75, 3.05) is 32.1 Å². The van der Waals surface area contributed by atoms with E-state index in [0.717, 1.165) is 23.6 Å². The molecular weight excluding hydrogens is 304 g/mol. The van der Waals surface area contributed by atoms with Crippen LogP contribution in [0.3, 0.4) is 0 Å². The molecule has 0 bridgehead atoms. The average molecular weight is 329 g/mol. The molecule has 1 aromatic rings. The van der Waals surface area contributed by atoms with Gasteiger partial charge in [0.2, 0.25) is 10.0 Å². The van der Waals surface area contributed by atoms with Gasteiger partial charge in [0.05, 0.1) is 4.90 Å². The summed E-state index contributed by atoms with van der Waals surface area (Å²) in [6.45, 7) is 6.68. The summed E-state index contributed by atoms with van der Waals surface area (Å²) in [7, 11) is -0.274. The highest BCUT2D eigenvalue weighted by atomic mass is 32.2. The molecule has 0 heterocycles. The number of benzene rings is 1. The van der Waals surface area contributed by atoms with E-state index in [2.05, 4.69) is 18.8 Å². The molecule has 4 nitrogen and oxygen atoms in total. The summed E-state index contributed by atoms with van der Waals surface area (Å²) in [5.41, 5.74) is 1.08. The molecule has 0 aromatic heterocycles. The SMILES string of the molecule is C=CCSCCNC(C)c1ccc(S(=O)(=O)N(C)C)cc1. The minimum atomic E-state index is -3.35. The van der Waals surface area contributed by atoms with Gasteiger partial charge in [-0.1, -0.05) is 18.2 Å². The molecule has 0 amide bonds. The third-order valence-electron chi connectivity index (χ3n) is 3.09. The lowest BCUT2D eigenvalue weighted by Gasteiger charge is -2.16. The molecule has 0 saturated heterocycles. The summed E-state index contributed by atoms with van der Waals surface area (Å²) in [6.07, 6.45) is 1.90. The Balaban J connectivity index is 2.59. The highest BCUT2D eigenvalue weighted by Crippen LogP contribution is 2.18. The molecule has 1 unspecified atom stereocenters. The first-order chi connectivity index (χ1) is 9.89. The molecule has 0 aliphatic carbocycles. The van der Waals surface area contributed by atoms with E-state index in [9.17, 15) is 8.42 Å². The highest BCUT2D eigenvalue weighted by molar-refractivity contribution is 7.99. The zero-order valence-corrected chi connectivity index (χ0v) is 14.5. The fourth-order valence-electron chi connectivity index (χ4n) is 1.77. The second-order valence-electron chi connectivity index (χ2n) is 4.90. The van der Waals surface area contributed by atoms with Crippen molar-refractivity contribution in [1.82, 2.24) is 9.62 Å². The van der Waals surface area contributed by atoms with Gasteiger partial charge >= 0.3 is 0 Å². The highest BCUT2D eigenvalue weighted by Gasteiger charge is 2.17. The van der Waals surface area contributed by atoms with E-state index >= 15 is 0 Å². The standard InChI is InChI=1S/C15H24N2O2S2/c1-5-11-20-12-10-16-13(2)14-6-8-15(9-7-14)21(18,19)17(3)4/h5-9,13,16H,1,10-12H2,2-4H3. The summed E-state index contributed by atoms with van der Waals surface area (Å²) in [5.74, 6) is 2.00. The summed E-state index contributed by atoms with van der Waals surface area (Å²) >= 11 is 1.83. The van der Waals surface area contributed by atoms with Gasteiger partial charge in [-0.25, -0.2) is 12.7 Å². The first kappa shape index (κ1) is 18.2. The predicted molar refractivity (Wildman–Crippen MR) is 91.3 cm³/mol. The monoisotopic (exact) mass is 328 g/mol. The molecule has 0 radical (unpaired) electrons. The number of sulfonamides is 1. The van der Waals surface area contributed by atoms with Crippen LogP contribution >= 0.6 is 11.8 Å². The Morgan fingerprint density at radius 2 is 1.95 bits per heavy atom. The number of nitrogens with zero attached hydrogens (tertiary/aromatic N) is 1. The van der Waals surface area contributed by atoms with E-state index in [-0.39, 0.29) is 6.04 Å². The summed E-state index contributed by atoms with van der Waals surface area (Å²) < 4.78 is 25.2. The molecule has 0 spiro atoms. The van der Waals surface area contributed by atoms with E-state index in [1.165, 1.54) is 18.4 Å². The van der Waals surface area contributed by atoms with Gasteiger partial charge in [-0.05, 0) is 24.6 Å². The first-order valence-electron chi connectivity index (χ1n) is 6.84. The van der Waals surface area contributed by atoms with Gasteiger partial charge < -0.3 is 5.32 Å². The topological polar surface area (TPSA) is 49.4 Å². The molecule has 0 fully saturated rings. The Morgan fingerprint density at radius 3 is 2.48 bits per heavy atom. The van der Waals surface area contributed by atoms with Crippen LogP contribution in [-0.4, -0.2) is 44.9 Å². The van der Waals surface area contributed by atoms with Crippen LogP contribution in [0.2, 0.25) is 0 Å². The first-order valence-corrected chi connectivity index (χ1v) is 9.43. The number of rotatable bonds is 9. The molecule has 21 heavy (non-hydrogen) atoms. The van der Waals surface area contributed by atoms with Crippen molar-refractivity contribution in [3.8, 4) is 0 Å². The van der Waals surface area contributed by atoms with Crippen LogP contribution in [0.15, 0.2) is 41.8 Å². The Morgan fingerprint density at radius 1 is 1.33 bits per heavy atom. The maximum atomic E-state index is 12.0. The zero-order chi connectivity index (χ0) is 15.9.